The van der Waals surface area contributed by atoms with Gasteiger partial charge in [-0.05, 0) is 42.7 Å². The van der Waals surface area contributed by atoms with Gasteiger partial charge in [-0.2, -0.15) is 0 Å². The summed E-state index contributed by atoms with van der Waals surface area (Å²) in [6, 6.07) is 16.7. The second kappa shape index (κ2) is 8.42. The van der Waals surface area contributed by atoms with Crippen molar-refractivity contribution in [3.8, 4) is 5.75 Å². The number of aliphatic imine (C=N–C) groups is 1. The standard InChI is InChI=1S/C20H26N4O/c1-3-4-6-16-9-11-17(12-10-16)24(23-20-21-13-14-22-20)18-7-5-8-19(15-18)25-2/h5,7-12,15H,3-4,6,13-14H2,1-2H3,(H2,21,22,23). The highest BCUT2D eigenvalue weighted by Gasteiger charge is 2.14. The summed E-state index contributed by atoms with van der Waals surface area (Å²) < 4.78 is 5.37. The van der Waals surface area contributed by atoms with E-state index in [1.54, 1.807) is 7.11 Å². The summed E-state index contributed by atoms with van der Waals surface area (Å²) >= 11 is 0. The second-order valence-electron chi connectivity index (χ2n) is 6.08. The minimum atomic E-state index is 0.790. The highest BCUT2D eigenvalue weighted by atomic mass is 16.5. The van der Waals surface area contributed by atoms with E-state index in [1.165, 1.54) is 18.4 Å². The summed E-state index contributed by atoms with van der Waals surface area (Å²) in [4.78, 5) is 4.45. The van der Waals surface area contributed by atoms with Gasteiger partial charge in [-0.15, -0.1) is 0 Å². The average molecular weight is 338 g/mol. The molecule has 0 bridgehead atoms. The van der Waals surface area contributed by atoms with Crippen LogP contribution in [0, 0.1) is 0 Å². The third-order valence-electron chi connectivity index (χ3n) is 4.22. The van der Waals surface area contributed by atoms with Crippen LogP contribution in [0.1, 0.15) is 25.3 Å². The Bertz CT molecular complexity index is 712. The number of hydrazine groups is 1. The van der Waals surface area contributed by atoms with E-state index in [1.807, 2.05) is 23.2 Å². The molecule has 3 rings (SSSR count). The molecule has 25 heavy (non-hydrogen) atoms. The number of aryl methyl sites for hydroxylation is 1. The normalized spacial score (nSPS) is 13.1. The Kier molecular flexibility index (Phi) is 5.77. The van der Waals surface area contributed by atoms with Gasteiger partial charge in [-0.1, -0.05) is 31.5 Å². The van der Waals surface area contributed by atoms with Gasteiger partial charge in [0.1, 0.15) is 5.75 Å². The summed E-state index contributed by atoms with van der Waals surface area (Å²) in [5.74, 6) is 1.61. The molecule has 1 heterocycles. The maximum atomic E-state index is 5.37. The van der Waals surface area contributed by atoms with E-state index in [4.69, 9.17) is 4.74 Å². The fourth-order valence-corrected chi connectivity index (χ4v) is 2.80. The molecule has 0 saturated carbocycles. The zero-order valence-corrected chi connectivity index (χ0v) is 15.0. The van der Waals surface area contributed by atoms with Gasteiger partial charge in [0.25, 0.3) is 0 Å². The molecule has 0 amide bonds. The van der Waals surface area contributed by atoms with E-state index >= 15 is 0 Å². The molecule has 2 N–H and O–H groups in total. The zero-order valence-electron chi connectivity index (χ0n) is 15.0. The number of unbranched alkanes of at least 4 members (excludes halogenated alkanes) is 1. The number of ether oxygens (including phenoxy) is 1. The van der Waals surface area contributed by atoms with E-state index in [2.05, 4.69) is 53.0 Å². The Morgan fingerprint density at radius 2 is 2.00 bits per heavy atom. The summed E-state index contributed by atoms with van der Waals surface area (Å²) in [6.45, 7) is 3.88. The molecule has 0 aromatic heterocycles. The smallest absolute Gasteiger partial charge is 0.210 e. The van der Waals surface area contributed by atoms with Crippen LogP contribution in [-0.2, 0) is 6.42 Å². The van der Waals surface area contributed by atoms with E-state index in [-0.39, 0.29) is 0 Å². The molecule has 0 spiro atoms. The number of guanidine groups is 1. The minimum Gasteiger partial charge on any atom is -0.497 e. The highest BCUT2D eigenvalue weighted by molar-refractivity contribution is 5.85. The molecule has 1 aliphatic heterocycles. The minimum absolute atomic E-state index is 0.790. The number of nitrogens with zero attached hydrogens (tertiary/aromatic N) is 2. The molecule has 2 aromatic rings. The zero-order chi connectivity index (χ0) is 17.5. The fourth-order valence-electron chi connectivity index (χ4n) is 2.80. The van der Waals surface area contributed by atoms with Crippen LogP contribution in [0.25, 0.3) is 0 Å². The Morgan fingerprint density at radius 3 is 2.68 bits per heavy atom. The molecule has 2 aromatic carbocycles. The molecule has 0 aliphatic carbocycles. The Hall–Kier alpha value is -2.69. The van der Waals surface area contributed by atoms with Crippen molar-refractivity contribution in [1.29, 1.82) is 0 Å². The van der Waals surface area contributed by atoms with E-state index in [9.17, 15) is 0 Å². The van der Waals surface area contributed by atoms with Gasteiger partial charge < -0.3 is 10.1 Å². The van der Waals surface area contributed by atoms with Crippen molar-refractivity contribution in [2.75, 3.05) is 25.2 Å². The first-order chi connectivity index (χ1) is 12.3. The summed E-state index contributed by atoms with van der Waals surface area (Å²) in [5, 5.41) is 5.29. The quantitative estimate of drug-likeness (QED) is 0.757. The topological polar surface area (TPSA) is 48.9 Å². The molecular formula is C20H26N4O. The third kappa shape index (κ3) is 4.44. The van der Waals surface area contributed by atoms with Crippen LogP contribution >= 0.6 is 0 Å². The maximum Gasteiger partial charge on any atom is 0.210 e. The molecule has 5 heteroatoms. The second-order valence-corrected chi connectivity index (χ2v) is 6.08. The molecule has 1 aliphatic rings. The van der Waals surface area contributed by atoms with Gasteiger partial charge in [0.15, 0.2) is 0 Å². The van der Waals surface area contributed by atoms with Gasteiger partial charge in [0.05, 0.1) is 25.0 Å². The van der Waals surface area contributed by atoms with Crippen molar-refractivity contribution in [2.24, 2.45) is 4.99 Å². The van der Waals surface area contributed by atoms with Crippen molar-refractivity contribution in [1.82, 2.24) is 10.7 Å². The first kappa shape index (κ1) is 17.1. The summed E-state index contributed by atoms with van der Waals surface area (Å²) in [5.41, 5.74) is 6.80. The van der Waals surface area contributed by atoms with Gasteiger partial charge in [0, 0.05) is 12.6 Å². The lowest BCUT2D eigenvalue weighted by Crippen LogP contribution is -2.44. The van der Waals surface area contributed by atoms with Crippen molar-refractivity contribution in [3.05, 3.63) is 54.1 Å². The van der Waals surface area contributed by atoms with Crippen molar-refractivity contribution in [2.45, 2.75) is 26.2 Å². The fraction of sp³-hybridized carbons (Fsp3) is 0.350. The van der Waals surface area contributed by atoms with Gasteiger partial charge in [-0.25, -0.2) is 0 Å². The van der Waals surface area contributed by atoms with Crippen LogP contribution in [-0.4, -0.2) is 26.2 Å². The number of anilines is 2. The number of hydrogen-bond acceptors (Lipinski definition) is 5. The predicted molar refractivity (Wildman–Crippen MR) is 104 cm³/mol. The average Bonchev–Trinajstić information content (AvgIpc) is 3.18. The van der Waals surface area contributed by atoms with Crippen LogP contribution in [0.4, 0.5) is 11.4 Å². The van der Waals surface area contributed by atoms with Crippen LogP contribution in [0.2, 0.25) is 0 Å². The molecule has 0 atom stereocenters. The molecule has 0 saturated heterocycles. The van der Waals surface area contributed by atoms with Crippen LogP contribution in [0.5, 0.6) is 5.75 Å². The number of hydrogen-bond donors (Lipinski definition) is 2. The number of methoxy groups -OCH3 is 1. The Balaban J connectivity index is 1.87. The maximum absolute atomic E-state index is 5.37. The number of nitrogens with one attached hydrogen (secondary N) is 2. The number of rotatable bonds is 7. The van der Waals surface area contributed by atoms with E-state index in [0.29, 0.717) is 0 Å². The van der Waals surface area contributed by atoms with E-state index in [0.717, 1.165) is 42.6 Å². The molecular weight excluding hydrogens is 312 g/mol. The summed E-state index contributed by atoms with van der Waals surface area (Å²) in [7, 11) is 1.68. The van der Waals surface area contributed by atoms with Crippen molar-refractivity contribution < 1.29 is 4.74 Å². The highest BCUT2D eigenvalue weighted by Crippen LogP contribution is 2.27. The predicted octanol–water partition coefficient (Wildman–Crippen LogP) is 3.64. The van der Waals surface area contributed by atoms with Gasteiger partial charge in [-0.3, -0.25) is 15.4 Å². The monoisotopic (exact) mass is 338 g/mol. The van der Waals surface area contributed by atoms with Gasteiger partial charge in [0.2, 0.25) is 5.96 Å². The van der Waals surface area contributed by atoms with E-state index < -0.39 is 0 Å². The molecule has 0 fully saturated rings. The van der Waals surface area contributed by atoms with Gasteiger partial charge >= 0.3 is 0 Å². The Labute approximate surface area is 149 Å². The molecule has 132 valence electrons. The first-order valence-electron chi connectivity index (χ1n) is 8.88. The lowest BCUT2D eigenvalue weighted by molar-refractivity contribution is 0.415. The lowest BCUT2D eigenvalue weighted by Gasteiger charge is -2.27. The first-order valence-corrected chi connectivity index (χ1v) is 8.88. The Morgan fingerprint density at radius 1 is 1.16 bits per heavy atom. The summed E-state index contributed by atoms with van der Waals surface area (Å²) in [6.07, 6.45) is 3.56. The van der Waals surface area contributed by atoms with Crippen LogP contribution in [0.15, 0.2) is 53.5 Å². The van der Waals surface area contributed by atoms with Crippen LogP contribution < -0.4 is 20.5 Å². The lowest BCUT2D eigenvalue weighted by atomic mass is 10.1. The molecule has 0 unspecified atom stereocenters. The van der Waals surface area contributed by atoms with Crippen LogP contribution in [0.3, 0.4) is 0 Å². The molecule has 0 radical (unpaired) electrons. The SMILES string of the molecule is CCCCc1ccc(N(NC2=NCCN2)c2cccc(OC)c2)cc1. The third-order valence-corrected chi connectivity index (χ3v) is 4.22. The molecule has 5 nitrogen and oxygen atoms in total. The number of benzene rings is 2. The van der Waals surface area contributed by atoms with Crippen molar-refractivity contribution >= 4 is 17.3 Å². The largest absolute Gasteiger partial charge is 0.497 e. The van der Waals surface area contributed by atoms with Crippen molar-refractivity contribution in [3.63, 3.8) is 0 Å².